The predicted octanol–water partition coefficient (Wildman–Crippen LogP) is 2.87. The molecule has 0 aliphatic rings. The van der Waals surface area contributed by atoms with Gasteiger partial charge in [0.15, 0.2) is 0 Å². The highest BCUT2D eigenvalue weighted by Gasteiger charge is 2.07. The first-order valence-corrected chi connectivity index (χ1v) is 6.11. The Morgan fingerprint density at radius 3 is 2.53 bits per heavy atom. The van der Waals surface area contributed by atoms with Crippen molar-refractivity contribution in [3.8, 4) is 17.5 Å². The number of aryl methyl sites for hydroxylation is 2. The number of ether oxygens (including phenoxy) is 2. The van der Waals surface area contributed by atoms with Crippen LogP contribution >= 0.6 is 0 Å². The van der Waals surface area contributed by atoms with E-state index in [1.54, 1.807) is 19.1 Å². The molecule has 1 heterocycles. The summed E-state index contributed by atoms with van der Waals surface area (Å²) >= 11 is 0. The smallest absolute Gasteiger partial charge is 0.226 e. The van der Waals surface area contributed by atoms with Crippen LogP contribution in [0.3, 0.4) is 0 Å². The first-order chi connectivity index (χ1) is 9.08. The monoisotopic (exact) mass is 259 g/mol. The summed E-state index contributed by atoms with van der Waals surface area (Å²) in [6, 6.07) is 7.14. The van der Waals surface area contributed by atoms with Crippen LogP contribution in [-0.4, -0.2) is 16.6 Å². The maximum atomic E-state index is 5.75. The van der Waals surface area contributed by atoms with Crippen molar-refractivity contribution in [3.63, 3.8) is 0 Å². The third-order valence-corrected chi connectivity index (χ3v) is 2.50. The minimum Gasteiger partial charge on any atom is -0.478 e. The van der Waals surface area contributed by atoms with Crippen LogP contribution in [0.15, 0.2) is 24.3 Å². The fourth-order valence-electron chi connectivity index (χ4n) is 1.69. The molecule has 100 valence electrons. The molecule has 0 aliphatic carbocycles. The molecular weight excluding hydrogens is 242 g/mol. The van der Waals surface area contributed by atoms with E-state index in [0.717, 1.165) is 11.3 Å². The molecule has 5 nitrogen and oxygen atoms in total. The number of hydrogen-bond acceptors (Lipinski definition) is 5. The molecule has 0 bridgehead atoms. The molecule has 0 aliphatic heterocycles. The highest BCUT2D eigenvalue weighted by atomic mass is 16.5. The number of aromatic nitrogens is 2. The molecule has 0 saturated carbocycles. The molecule has 5 heteroatoms. The third kappa shape index (κ3) is 3.34. The summed E-state index contributed by atoms with van der Waals surface area (Å²) < 4.78 is 11.1. The van der Waals surface area contributed by atoms with E-state index in [9.17, 15) is 0 Å². The summed E-state index contributed by atoms with van der Waals surface area (Å²) in [5.41, 5.74) is 7.37. The van der Waals surface area contributed by atoms with Crippen molar-refractivity contribution in [2.75, 3.05) is 12.3 Å². The van der Waals surface area contributed by atoms with Gasteiger partial charge < -0.3 is 15.2 Å². The lowest BCUT2D eigenvalue weighted by Crippen LogP contribution is -2.00. The number of nitrogen functional groups attached to an aromatic ring is 1. The van der Waals surface area contributed by atoms with E-state index in [1.807, 2.05) is 26.0 Å². The zero-order chi connectivity index (χ0) is 13.8. The van der Waals surface area contributed by atoms with Gasteiger partial charge in [-0.15, -0.1) is 0 Å². The Labute approximate surface area is 112 Å². The first kappa shape index (κ1) is 13.1. The maximum absolute atomic E-state index is 5.75. The molecule has 0 unspecified atom stereocenters. The zero-order valence-corrected chi connectivity index (χ0v) is 11.3. The Morgan fingerprint density at radius 2 is 1.84 bits per heavy atom. The molecule has 1 aromatic heterocycles. The van der Waals surface area contributed by atoms with Gasteiger partial charge in [-0.1, -0.05) is 0 Å². The average molecular weight is 259 g/mol. The van der Waals surface area contributed by atoms with Crippen molar-refractivity contribution in [1.29, 1.82) is 0 Å². The standard InChI is InChI=1S/C14H17N3O2/c1-4-18-13-8-14(17-10(3)16-13)19-12-6-5-11(15)7-9(12)2/h5-8H,4,15H2,1-3H3. The highest BCUT2D eigenvalue weighted by Crippen LogP contribution is 2.26. The predicted molar refractivity (Wildman–Crippen MR) is 73.6 cm³/mol. The fourth-order valence-corrected chi connectivity index (χ4v) is 1.69. The Kier molecular flexibility index (Phi) is 3.85. The number of rotatable bonds is 4. The quantitative estimate of drug-likeness (QED) is 0.855. The van der Waals surface area contributed by atoms with Gasteiger partial charge in [0, 0.05) is 5.69 Å². The number of nitrogens with two attached hydrogens (primary N) is 1. The van der Waals surface area contributed by atoms with Gasteiger partial charge >= 0.3 is 0 Å². The van der Waals surface area contributed by atoms with Crippen LogP contribution in [0.25, 0.3) is 0 Å². The largest absolute Gasteiger partial charge is 0.478 e. The molecule has 19 heavy (non-hydrogen) atoms. The van der Waals surface area contributed by atoms with Gasteiger partial charge in [-0.05, 0) is 44.5 Å². The second-order valence-corrected chi connectivity index (χ2v) is 4.15. The highest BCUT2D eigenvalue weighted by molar-refractivity contribution is 5.48. The van der Waals surface area contributed by atoms with Gasteiger partial charge in [0.1, 0.15) is 11.6 Å². The molecule has 0 amide bonds. The normalized spacial score (nSPS) is 10.3. The lowest BCUT2D eigenvalue weighted by molar-refractivity contribution is 0.321. The zero-order valence-electron chi connectivity index (χ0n) is 11.3. The Morgan fingerprint density at radius 1 is 1.11 bits per heavy atom. The SMILES string of the molecule is CCOc1cc(Oc2ccc(N)cc2C)nc(C)n1. The Balaban J connectivity index is 2.27. The summed E-state index contributed by atoms with van der Waals surface area (Å²) in [7, 11) is 0. The molecule has 0 atom stereocenters. The number of hydrogen-bond donors (Lipinski definition) is 1. The van der Waals surface area contributed by atoms with Gasteiger partial charge in [-0.25, -0.2) is 0 Å². The van der Waals surface area contributed by atoms with Crippen molar-refractivity contribution >= 4 is 5.69 Å². The van der Waals surface area contributed by atoms with Crippen LogP contribution < -0.4 is 15.2 Å². The van der Waals surface area contributed by atoms with E-state index < -0.39 is 0 Å². The lowest BCUT2D eigenvalue weighted by Gasteiger charge is -2.10. The van der Waals surface area contributed by atoms with Crippen molar-refractivity contribution in [3.05, 3.63) is 35.7 Å². The number of nitrogens with zero attached hydrogens (tertiary/aromatic N) is 2. The van der Waals surface area contributed by atoms with Gasteiger partial charge in [0.2, 0.25) is 11.8 Å². The summed E-state index contributed by atoms with van der Waals surface area (Å²) in [6.07, 6.45) is 0. The van der Waals surface area contributed by atoms with Crippen molar-refractivity contribution < 1.29 is 9.47 Å². The fraction of sp³-hybridized carbons (Fsp3) is 0.286. The van der Waals surface area contributed by atoms with Crippen molar-refractivity contribution in [1.82, 2.24) is 9.97 Å². The molecule has 0 spiro atoms. The minimum absolute atomic E-state index is 0.462. The molecule has 0 saturated heterocycles. The topological polar surface area (TPSA) is 70.3 Å². The second kappa shape index (κ2) is 5.56. The van der Waals surface area contributed by atoms with Crippen LogP contribution in [0, 0.1) is 13.8 Å². The van der Waals surface area contributed by atoms with E-state index in [1.165, 1.54) is 0 Å². The molecule has 2 N–H and O–H groups in total. The van der Waals surface area contributed by atoms with Crippen LogP contribution in [0.5, 0.6) is 17.5 Å². The van der Waals surface area contributed by atoms with Crippen molar-refractivity contribution in [2.45, 2.75) is 20.8 Å². The molecule has 2 aromatic rings. The number of anilines is 1. The molecule has 2 rings (SSSR count). The molecule has 1 aromatic carbocycles. The Bertz CT molecular complexity index is 585. The van der Waals surface area contributed by atoms with E-state index in [0.29, 0.717) is 29.9 Å². The summed E-state index contributed by atoms with van der Waals surface area (Å²) in [5, 5.41) is 0. The van der Waals surface area contributed by atoms with Gasteiger partial charge in [0.05, 0.1) is 12.7 Å². The van der Waals surface area contributed by atoms with Crippen LogP contribution in [0.4, 0.5) is 5.69 Å². The molecule has 0 fully saturated rings. The van der Waals surface area contributed by atoms with E-state index in [-0.39, 0.29) is 0 Å². The minimum atomic E-state index is 0.462. The second-order valence-electron chi connectivity index (χ2n) is 4.15. The van der Waals surface area contributed by atoms with Crippen molar-refractivity contribution in [2.24, 2.45) is 0 Å². The number of benzene rings is 1. The average Bonchev–Trinajstić information content (AvgIpc) is 2.32. The molecular formula is C14H17N3O2. The maximum Gasteiger partial charge on any atom is 0.226 e. The molecule has 0 radical (unpaired) electrons. The van der Waals surface area contributed by atoms with E-state index in [4.69, 9.17) is 15.2 Å². The third-order valence-electron chi connectivity index (χ3n) is 2.50. The Hall–Kier alpha value is -2.30. The lowest BCUT2D eigenvalue weighted by atomic mass is 10.2. The van der Waals surface area contributed by atoms with Gasteiger partial charge in [-0.3, -0.25) is 0 Å². The van der Waals surface area contributed by atoms with Crippen LogP contribution in [-0.2, 0) is 0 Å². The summed E-state index contributed by atoms with van der Waals surface area (Å²) in [5.74, 6) is 2.30. The van der Waals surface area contributed by atoms with Crippen LogP contribution in [0.1, 0.15) is 18.3 Å². The van der Waals surface area contributed by atoms with E-state index >= 15 is 0 Å². The van der Waals surface area contributed by atoms with E-state index in [2.05, 4.69) is 9.97 Å². The summed E-state index contributed by atoms with van der Waals surface area (Å²) in [4.78, 5) is 8.40. The first-order valence-electron chi connectivity index (χ1n) is 6.11. The van der Waals surface area contributed by atoms with Gasteiger partial charge in [0.25, 0.3) is 0 Å². The van der Waals surface area contributed by atoms with Crippen LogP contribution in [0.2, 0.25) is 0 Å². The summed E-state index contributed by atoms with van der Waals surface area (Å²) in [6.45, 7) is 6.19. The van der Waals surface area contributed by atoms with Gasteiger partial charge in [-0.2, -0.15) is 9.97 Å².